The number of esters is 1. The van der Waals surface area contributed by atoms with E-state index in [1.165, 1.54) is 16.2 Å². The van der Waals surface area contributed by atoms with Crippen LogP contribution >= 0.6 is 22.6 Å². The number of urea groups is 1. The van der Waals surface area contributed by atoms with Crippen LogP contribution < -0.4 is 25.5 Å². The van der Waals surface area contributed by atoms with Gasteiger partial charge in [0.15, 0.2) is 17.7 Å². The summed E-state index contributed by atoms with van der Waals surface area (Å²) in [6.07, 6.45) is 0.567. The summed E-state index contributed by atoms with van der Waals surface area (Å²) < 4.78 is 19.9. The number of aliphatic hydroxyl groups is 1. The Labute approximate surface area is 264 Å². The summed E-state index contributed by atoms with van der Waals surface area (Å²) in [5.41, 5.74) is 9.31. The van der Waals surface area contributed by atoms with Crippen LogP contribution in [0.4, 0.5) is 4.79 Å². The number of methoxy groups -OCH3 is 1. The number of aryl methyl sites for hydroxylation is 2. The molecule has 11 nitrogen and oxygen atoms in total. The van der Waals surface area contributed by atoms with E-state index in [-0.39, 0.29) is 12.2 Å². The number of nitrogens with one attached hydrogen (secondary N) is 3. The zero-order chi connectivity index (χ0) is 31.3. The van der Waals surface area contributed by atoms with Gasteiger partial charge >= 0.3 is 12.0 Å². The molecule has 3 aromatic rings. The Bertz CT molecular complexity index is 1580. The number of benzene rings is 2. The Morgan fingerprint density at radius 3 is 2.60 bits per heavy atom. The highest BCUT2D eigenvalue weighted by molar-refractivity contribution is 14.1. The van der Waals surface area contributed by atoms with Crippen molar-refractivity contribution in [1.82, 2.24) is 20.6 Å². The number of hydrogen-bond donors (Lipinski definition) is 4. The molecule has 2 amide bonds. The minimum atomic E-state index is -1.10. The topological polar surface area (TPSA) is 135 Å². The van der Waals surface area contributed by atoms with Gasteiger partial charge in [0, 0.05) is 31.9 Å². The highest BCUT2D eigenvalue weighted by Crippen LogP contribution is 2.35. The summed E-state index contributed by atoms with van der Waals surface area (Å²) in [7, 11) is 1.28. The molecule has 2 atom stereocenters. The molecule has 2 heterocycles. The molecule has 228 valence electrons. The molecule has 0 radical (unpaired) electrons. The van der Waals surface area contributed by atoms with Crippen LogP contribution in [0, 0.1) is 24.3 Å². The van der Waals surface area contributed by atoms with Crippen LogP contribution in [0.2, 0.25) is 0 Å². The molecule has 0 unspecified atom stereocenters. The number of hydrazone groups is 1. The van der Waals surface area contributed by atoms with E-state index in [9.17, 15) is 14.7 Å². The van der Waals surface area contributed by atoms with Crippen LogP contribution in [-0.2, 0) is 9.53 Å². The minimum absolute atomic E-state index is 0.117. The van der Waals surface area contributed by atoms with Crippen LogP contribution in [0.3, 0.4) is 0 Å². The van der Waals surface area contributed by atoms with E-state index in [1.54, 1.807) is 31.3 Å². The second-order valence-corrected chi connectivity index (χ2v) is 11.2. The Morgan fingerprint density at radius 1 is 1.14 bits per heavy atom. The maximum Gasteiger partial charge on any atom is 0.337 e. The van der Waals surface area contributed by atoms with Crippen molar-refractivity contribution >= 4 is 40.8 Å². The summed E-state index contributed by atoms with van der Waals surface area (Å²) in [4.78, 5) is 24.6. The van der Waals surface area contributed by atoms with Crippen LogP contribution in [0.5, 0.6) is 11.5 Å². The number of rotatable bonds is 11. The second kappa shape index (κ2) is 14.0. The van der Waals surface area contributed by atoms with Crippen molar-refractivity contribution in [3.05, 3.63) is 85.4 Å². The summed E-state index contributed by atoms with van der Waals surface area (Å²) in [5, 5.41) is 20.1. The van der Waals surface area contributed by atoms with E-state index >= 15 is 0 Å². The number of hydrogen-bond acceptors (Lipinski definition) is 8. The van der Waals surface area contributed by atoms with Crippen molar-refractivity contribution < 1.29 is 28.9 Å². The Hall–Kier alpha value is -4.04. The van der Waals surface area contributed by atoms with Gasteiger partial charge in [-0.15, -0.1) is 0 Å². The molecule has 0 saturated carbocycles. The molecular formula is C31H36IN5O6. The third-order valence-electron chi connectivity index (χ3n) is 6.97. The van der Waals surface area contributed by atoms with Gasteiger partial charge in [-0.25, -0.2) is 9.59 Å². The first-order chi connectivity index (χ1) is 20.5. The molecule has 1 aliphatic rings. The zero-order valence-corrected chi connectivity index (χ0v) is 27.1. The first-order valence-electron chi connectivity index (χ1n) is 13.7. The Kier molecular flexibility index (Phi) is 10.3. The lowest BCUT2D eigenvalue weighted by Crippen LogP contribution is -2.45. The molecule has 0 saturated heterocycles. The van der Waals surface area contributed by atoms with E-state index < -0.39 is 24.3 Å². The average Bonchev–Trinajstić information content (AvgIpc) is 3.25. The SMILES string of the molecule is CCOc1cc([C@@H]2NC(=O)NC(C)=C2C(=O)OC)ccc1OC[C@H](O)N/N=C/c1cc(C)n(-c2ccc(I)c(C)c2)c1C. The molecule has 4 N–H and O–H groups in total. The fourth-order valence-corrected chi connectivity index (χ4v) is 5.23. The largest absolute Gasteiger partial charge is 0.490 e. The van der Waals surface area contributed by atoms with Gasteiger partial charge < -0.3 is 34.5 Å². The van der Waals surface area contributed by atoms with Crippen LogP contribution in [0.25, 0.3) is 5.69 Å². The van der Waals surface area contributed by atoms with Gasteiger partial charge in [0.25, 0.3) is 0 Å². The lowest BCUT2D eigenvalue weighted by Gasteiger charge is -2.28. The molecule has 0 fully saturated rings. The smallest absolute Gasteiger partial charge is 0.337 e. The van der Waals surface area contributed by atoms with Crippen LogP contribution in [-0.4, -0.2) is 54.4 Å². The van der Waals surface area contributed by atoms with Crippen molar-refractivity contribution in [3.8, 4) is 17.2 Å². The molecule has 2 aromatic carbocycles. The predicted molar refractivity (Wildman–Crippen MR) is 172 cm³/mol. The lowest BCUT2D eigenvalue weighted by atomic mass is 9.95. The number of ether oxygens (including phenoxy) is 3. The lowest BCUT2D eigenvalue weighted by molar-refractivity contribution is -0.136. The molecule has 0 spiro atoms. The van der Waals surface area contributed by atoms with Crippen molar-refractivity contribution in [1.29, 1.82) is 0 Å². The monoisotopic (exact) mass is 701 g/mol. The fourth-order valence-electron chi connectivity index (χ4n) is 4.90. The number of allylic oxidation sites excluding steroid dienone is 1. The number of nitrogens with zero attached hydrogens (tertiary/aromatic N) is 2. The quantitative estimate of drug-likeness (QED) is 0.0759. The van der Waals surface area contributed by atoms with Crippen molar-refractivity contribution in [2.45, 2.75) is 46.9 Å². The first-order valence-corrected chi connectivity index (χ1v) is 14.8. The third kappa shape index (κ3) is 7.31. The molecule has 1 aromatic heterocycles. The molecular weight excluding hydrogens is 665 g/mol. The predicted octanol–water partition coefficient (Wildman–Crippen LogP) is 4.53. The van der Waals surface area contributed by atoms with E-state index in [0.29, 0.717) is 29.4 Å². The molecule has 0 bridgehead atoms. The van der Waals surface area contributed by atoms with Crippen LogP contribution in [0.15, 0.2) is 58.8 Å². The number of aromatic nitrogens is 1. The van der Waals surface area contributed by atoms with Crippen LogP contribution in [0.1, 0.15) is 48.0 Å². The number of amides is 2. The van der Waals surface area contributed by atoms with Gasteiger partial charge in [-0.2, -0.15) is 5.10 Å². The first kappa shape index (κ1) is 31.9. The average molecular weight is 702 g/mol. The third-order valence-corrected chi connectivity index (χ3v) is 8.18. The minimum Gasteiger partial charge on any atom is -0.490 e. The summed E-state index contributed by atoms with van der Waals surface area (Å²) in [5.74, 6) is 0.214. The summed E-state index contributed by atoms with van der Waals surface area (Å²) in [6, 6.07) is 12.3. The molecule has 4 rings (SSSR count). The van der Waals surface area contributed by atoms with Gasteiger partial charge in [-0.05, 0) is 105 Å². The summed E-state index contributed by atoms with van der Waals surface area (Å²) >= 11 is 2.33. The van der Waals surface area contributed by atoms with E-state index in [2.05, 4.69) is 73.4 Å². The standard InChI is InChI=1S/C31H36IN5O6/c1-7-42-26-14-21(29-28(30(39)41-6)19(4)34-31(40)35-29)8-11-25(26)43-16-27(38)36-33-15-22-13-18(3)37(20(22)5)23-9-10-24(32)17(2)12-23/h8-15,27,29,36,38H,7,16H2,1-6H3,(H2,34,35,40)/b33-15+/t27-,29-/m0/s1. The number of carbonyl (C=O) groups is 2. The van der Waals surface area contributed by atoms with E-state index in [0.717, 1.165) is 22.6 Å². The Balaban J connectivity index is 1.43. The highest BCUT2D eigenvalue weighted by Gasteiger charge is 2.32. The van der Waals surface area contributed by atoms with Crippen molar-refractivity contribution in [2.24, 2.45) is 5.10 Å². The van der Waals surface area contributed by atoms with E-state index in [1.807, 2.05) is 26.8 Å². The van der Waals surface area contributed by atoms with Gasteiger partial charge in [0.05, 0.1) is 31.5 Å². The van der Waals surface area contributed by atoms with Crippen molar-refractivity contribution in [2.75, 3.05) is 20.3 Å². The molecule has 43 heavy (non-hydrogen) atoms. The van der Waals surface area contributed by atoms with Gasteiger partial charge in [-0.3, -0.25) is 5.43 Å². The van der Waals surface area contributed by atoms with Gasteiger partial charge in [0.1, 0.15) is 6.61 Å². The zero-order valence-electron chi connectivity index (χ0n) is 24.9. The summed E-state index contributed by atoms with van der Waals surface area (Å²) in [6.45, 7) is 9.86. The maximum absolute atomic E-state index is 12.4. The second-order valence-electron chi connectivity index (χ2n) is 10.0. The molecule has 0 aliphatic carbocycles. The van der Waals surface area contributed by atoms with Crippen molar-refractivity contribution in [3.63, 3.8) is 0 Å². The van der Waals surface area contributed by atoms with Gasteiger partial charge in [-0.1, -0.05) is 6.07 Å². The number of aliphatic hydroxyl groups excluding tert-OH is 1. The molecule has 12 heteroatoms. The number of carbonyl (C=O) groups excluding carboxylic acids is 2. The molecule has 1 aliphatic heterocycles. The van der Waals surface area contributed by atoms with Gasteiger partial charge in [0.2, 0.25) is 0 Å². The normalized spacial score (nSPS) is 15.6. The Morgan fingerprint density at radius 2 is 1.91 bits per heavy atom. The van der Waals surface area contributed by atoms with E-state index in [4.69, 9.17) is 14.2 Å². The number of halogens is 1. The maximum atomic E-state index is 12.4. The fraction of sp³-hybridized carbons (Fsp3) is 0.323. The highest BCUT2D eigenvalue weighted by atomic mass is 127.